The van der Waals surface area contributed by atoms with Gasteiger partial charge in [0.05, 0.1) is 18.2 Å². The second-order valence-corrected chi connectivity index (χ2v) is 6.01. The summed E-state index contributed by atoms with van der Waals surface area (Å²) in [7, 11) is 1.64. The molecule has 3 rings (SSSR count). The Labute approximate surface area is 156 Å². The van der Waals surface area contributed by atoms with Crippen LogP contribution in [0.25, 0.3) is 11.3 Å². The molecule has 0 saturated heterocycles. The third kappa shape index (κ3) is 4.18. The first-order valence-electron chi connectivity index (χ1n) is 8.44. The Morgan fingerprint density at radius 2 is 2.11 bits per heavy atom. The van der Waals surface area contributed by atoms with Crippen LogP contribution >= 0.6 is 0 Å². The molecule has 27 heavy (non-hydrogen) atoms. The predicted molar refractivity (Wildman–Crippen MR) is 97.8 cm³/mol. The van der Waals surface area contributed by atoms with Crippen molar-refractivity contribution in [3.63, 3.8) is 0 Å². The minimum atomic E-state index is -0.397. The molecule has 2 heterocycles. The number of hydrogen-bond donors (Lipinski definition) is 0. The molecule has 6 nitrogen and oxygen atoms in total. The van der Waals surface area contributed by atoms with Gasteiger partial charge in [-0.2, -0.15) is 10.4 Å². The van der Waals surface area contributed by atoms with Crippen molar-refractivity contribution in [2.45, 2.75) is 13.0 Å². The van der Waals surface area contributed by atoms with Gasteiger partial charge in [0, 0.05) is 38.1 Å². The minimum absolute atomic E-state index is 0.212. The fourth-order valence-electron chi connectivity index (χ4n) is 2.78. The van der Waals surface area contributed by atoms with Crippen LogP contribution in [0.4, 0.5) is 4.39 Å². The van der Waals surface area contributed by atoms with Crippen LogP contribution in [0.3, 0.4) is 0 Å². The number of pyridine rings is 1. The maximum absolute atomic E-state index is 14.0. The van der Waals surface area contributed by atoms with Crippen LogP contribution in [0.1, 0.15) is 22.5 Å². The molecule has 0 aliphatic heterocycles. The van der Waals surface area contributed by atoms with E-state index < -0.39 is 5.82 Å². The number of hydrogen-bond acceptors (Lipinski definition) is 4. The number of aromatic nitrogens is 3. The van der Waals surface area contributed by atoms with Gasteiger partial charge in [0.25, 0.3) is 5.91 Å². The van der Waals surface area contributed by atoms with Gasteiger partial charge >= 0.3 is 0 Å². The monoisotopic (exact) mass is 363 g/mol. The van der Waals surface area contributed by atoms with E-state index in [1.165, 1.54) is 10.7 Å². The number of carbonyl (C=O) groups is 1. The Balaban J connectivity index is 1.89. The predicted octanol–water partition coefficient (Wildman–Crippen LogP) is 3.18. The third-order valence-corrected chi connectivity index (χ3v) is 4.13. The van der Waals surface area contributed by atoms with Crippen LogP contribution in [0.2, 0.25) is 0 Å². The van der Waals surface area contributed by atoms with E-state index >= 15 is 0 Å². The van der Waals surface area contributed by atoms with Crippen LogP contribution < -0.4 is 0 Å². The SMILES string of the molecule is Cn1nc(-c2ccccc2F)cc1C(=O)N(CCC#N)Cc1cccnc1. The number of carbonyl (C=O) groups excluding carboxylic acids is 1. The molecule has 0 saturated carbocycles. The Kier molecular flexibility index (Phi) is 5.57. The number of aryl methyl sites for hydroxylation is 1. The molecule has 0 aliphatic rings. The molecule has 0 aliphatic carbocycles. The fourth-order valence-corrected chi connectivity index (χ4v) is 2.78. The van der Waals surface area contributed by atoms with Crippen LogP contribution in [0.15, 0.2) is 54.9 Å². The molecule has 0 N–H and O–H groups in total. The van der Waals surface area contributed by atoms with Crippen molar-refractivity contribution >= 4 is 5.91 Å². The van der Waals surface area contributed by atoms with E-state index in [0.29, 0.717) is 23.5 Å². The molecule has 136 valence electrons. The second kappa shape index (κ2) is 8.23. The van der Waals surface area contributed by atoms with E-state index in [4.69, 9.17) is 5.26 Å². The van der Waals surface area contributed by atoms with Crippen molar-refractivity contribution in [3.05, 3.63) is 71.9 Å². The molecular weight excluding hydrogens is 345 g/mol. The summed E-state index contributed by atoms with van der Waals surface area (Å²) in [5.41, 5.74) is 1.92. The molecule has 1 aromatic carbocycles. The third-order valence-electron chi connectivity index (χ3n) is 4.13. The zero-order valence-corrected chi connectivity index (χ0v) is 14.8. The lowest BCUT2D eigenvalue weighted by atomic mass is 10.1. The molecule has 0 spiro atoms. The van der Waals surface area contributed by atoms with Crippen LogP contribution in [-0.2, 0) is 13.6 Å². The molecule has 0 atom stereocenters. The summed E-state index contributed by atoms with van der Waals surface area (Å²) in [6.45, 7) is 0.610. The average molecular weight is 363 g/mol. The van der Waals surface area contributed by atoms with Crippen molar-refractivity contribution in [1.29, 1.82) is 5.26 Å². The highest BCUT2D eigenvalue weighted by Gasteiger charge is 2.21. The Morgan fingerprint density at radius 3 is 2.81 bits per heavy atom. The Bertz CT molecular complexity index is 978. The van der Waals surface area contributed by atoms with Crippen molar-refractivity contribution in [2.75, 3.05) is 6.54 Å². The zero-order valence-electron chi connectivity index (χ0n) is 14.8. The van der Waals surface area contributed by atoms with Gasteiger partial charge in [-0.1, -0.05) is 18.2 Å². The number of nitriles is 1. The van der Waals surface area contributed by atoms with Crippen molar-refractivity contribution in [1.82, 2.24) is 19.7 Å². The first kappa shape index (κ1) is 18.3. The molecule has 3 aromatic rings. The van der Waals surface area contributed by atoms with Crippen molar-refractivity contribution in [2.24, 2.45) is 7.05 Å². The van der Waals surface area contributed by atoms with Gasteiger partial charge in [-0.15, -0.1) is 0 Å². The molecule has 0 radical (unpaired) electrons. The van der Waals surface area contributed by atoms with E-state index in [9.17, 15) is 9.18 Å². The van der Waals surface area contributed by atoms with Gasteiger partial charge in [0.1, 0.15) is 11.5 Å². The first-order chi connectivity index (χ1) is 13.1. The quantitative estimate of drug-likeness (QED) is 0.674. The highest BCUT2D eigenvalue weighted by atomic mass is 19.1. The molecule has 7 heteroatoms. The van der Waals surface area contributed by atoms with Crippen molar-refractivity contribution in [3.8, 4) is 17.3 Å². The van der Waals surface area contributed by atoms with E-state index in [1.807, 2.05) is 6.07 Å². The highest BCUT2D eigenvalue weighted by molar-refractivity contribution is 5.93. The number of nitrogens with zero attached hydrogens (tertiary/aromatic N) is 5. The number of amides is 1. The lowest BCUT2D eigenvalue weighted by Crippen LogP contribution is -2.32. The largest absolute Gasteiger partial charge is 0.332 e. The van der Waals surface area contributed by atoms with Gasteiger partial charge in [0.2, 0.25) is 0 Å². The van der Waals surface area contributed by atoms with Gasteiger partial charge in [-0.3, -0.25) is 14.5 Å². The molecule has 1 amide bonds. The summed E-state index contributed by atoms with van der Waals surface area (Å²) >= 11 is 0. The summed E-state index contributed by atoms with van der Waals surface area (Å²) in [5, 5.41) is 13.2. The van der Waals surface area contributed by atoms with Crippen LogP contribution in [0, 0.1) is 17.1 Å². The van der Waals surface area contributed by atoms with Crippen LogP contribution in [-0.4, -0.2) is 32.1 Å². The van der Waals surface area contributed by atoms with Gasteiger partial charge in [-0.05, 0) is 29.8 Å². The normalized spacial score (nSPS) is 10.4. The van der Waals surface area contributed by atoms with E-state index in [0.717, 1.165) is 5.56 Å². The summed E-state index contributed by atoms with van der Waals surface area (Å²) in [5.74, 6) is -0.669. The van der Waals surface area contributed by atoms with E-state index in [-0.39, 0.29) is 18.9 Å². The molecule has 0 fully saturated rings. The maximum atomic E-state index is 14.0. The molecular formula is C20H18FN5O. The lowest BCUT2D eigenvalue weighted by Gasteiger charge is -2.21. The Hall–Kier alpha value is -3.53. The highest BCUT2D eigenvalue weighted by Crippen LogP contribution is 2.23. The van der Waals surface area contributed by atoms with Gasteiger partial charge in [-0.25, -0.2) is 4.39 Å². The lowest BCUT2D eigenvalue weighted by molar-refractivity contribution is 0.0735. The van der Waals surface area contributed by atoms with Crippen molar-refractivity contribution < 1.29 is 9.18 Å². The topological polar surface area (TPSA) is 74.8 Å². The fraction of sp³-hybridized carbons (Fsp3) is 0.200. The Morgan fingerprint density at radius 1 is 1.30 bits per heavy atom. The summed E-state index contributed by atoms with van der Waals surface area (Å²) in [4.78, 5) is 18.7. The molecule has 0 unspecified atom stereocenters. The summed E-state index contributed by atoms with van der Waals surface area (Å²) in [6, 6.07) is 13.6. The van der Waals surface area contributed by atoms with Gasteiger partial charge in [0.15, 0.2) is 0 Å². The second-order valence-electron chi connectivity index (χ2n) is 6.01. The van der Waals surface area contributed by atoms with E-state index in [1.54, 1.807) is 54.7 Å². The molecule has 2 aromatic heterocycles. The number of rotatable bonds is 6. The number of benzene rings is 1. The summed E-state index contributed by atoms with van der Waals surface area (Å²) in [6.07, 6.45) is 3.55. The first-order valence-corrected chi connectivity index (χ1v) is 8.44. The molecule has 0 bridgehead atoms. The van der Waals surface area contributed by atoms with E-state index in [2.05, 4.69) is 16.2 Å². The summed E-state index contributed by atoms with van der Waals surface area (Å²) < 4.78 is 15.5. The average Bonchev–Trinajstić information content (AvgIpc) is 3.07. The minimum Gasteiger partial charge on any atom is -0.332 e. The maximum Gasteiger partial charge on any atom is 0.272 e. The number of halogens is 1. The standard InChI is InChI=1S/C20H18FN5O/c1-25-19(12-18(24-25)16-7-2-3-8-17(16)21)20(27)26(11-5-9-22)14-15-6-4-10-23-13-15/h2-4,6-8,10,12-13H,5,11,14H2,1H3. The van der Waals surface area contributed by atoms with Gasteiger partial charge < -0.3 is 4.90 Å². The van der Waals surface area contributed by atoms with Crippen LogP contribution in [0.5, 0.6) is 0 Å². The zero-order chi connectivity index (χ0) is 19.2. The smallest absolute Gasteiger partial charge is 0.272 e.